The molecule has 2 aliphatic heterocycles. The number of hydrogen-bond acceptors (Lipinski definition) is 5. The van der Waals surface area contributed by atoms with E-state index in [0.29, 0.717) is 16.2 Å². The van der Waals surface area contributed by atoms with Crippen LogP contribution < -0.4 is 0 Å². The fourth-order valence-corrected chi connectivity index (χ4v) is 2.33. The third-order valence-corrected chi connectivity index (χ3v) is 3.40. The molecule has 0 aromatic rings. The number of esters is 1. The highest BCUT2D eigenvalue weighted by Gasteiger charge is 2.52. The molecule has 0 aromatic heterocycles. The molecule has 2 rings (SSSR count). The van der Waals surface area contributed by atoms with Crippen molar-refractivity contribution >= 4 is 12.0 Å². The largest absolute Gasteiger partial charge is 0.515 e. The molecule has 122 valence electrons. The van der Waals surface area contributed by atoms with Crippen molar-refractivity contribution in [2.75, 3.05) is 19.7 Å². The number of hydrogen-bond donors (Lipinski definition) is 1. The summed E-state index contributed by atoms with van der Waals surface area (Å²) in [4.78, 5) is 28.9. The van der Waals surface area contributed by atoms with Gasteiger partial charge in [-0.15, -0.1) is 0 Å². The number of carbonyl (C=O) groups excluding carboxylic acids is 2. The summed E-state index contributed by atoms with van der Waals surface area (Å²) in [6.45, 7) is 3.06. The Labute approximate surface area is 125 Å². The standard InChI is InChI=1S/C13H16F2N2O5/c1-3-21-11(19)13(14,15)22-17-10-6-16(12(17)20)5-4-9(10)8(2)7-18/h4,7,10,18H,3,5-6H2,1-2H3/b8-7+. The van der Waals surface area contributed by atoms with Crippen molar-refractivity contribution in [3.8, 4) is 0 Å². The smallest absolute Gasteiger partial charge is 0.477 e. The third-order valence-electron chi connectivity index (χ3n) is 3.40. The highest BCUT2D eigenvalue weighted by Crippen LogP contribution is 2.33. The number of aliphatic hydroxyl groups is 1. The summed E-state index contributed by atoms with van der Waals surface area (Å²) >= 11 is 0. The normalized spacial score (nSPS) is 22.0. The summed E-state index contributed by atoms with van der Waals surface area (Å²) < 4.78 is 31.6. The number of aliphatic hydroxyl groups excluding tert-OH is 1. The topological polar surface area (TPSA) is 79.3 Å². The van der Waals surface area contributed by atoms with Gasteiger partial charge in [0.25, 0.3) is 0 Å². The van der Waals surface area contributed by atoms with Gasteiger partial charge in [0.1, 0.15) is 6.04 Å². The van der Waals surface area contributed by atoms with Gasteiger partial charge in [0.2, 0.25) is 0 Å². The van der Waals surface area contributed by atoms with E-state index in [9.17, 15) is 18.4 Å². The molecule has 1 atom stereocenters. The summed E-state index contributed by atoms with van der Waals surface area (Å²) in [5.41, 5.74) is 0.914. The van der Waals surface area contributed by atoms with E-state index in [1.807, 2.05) is 0 Å². The molecular formula is C13H16F2N2O5. The molecule has 2 bridgehead atoms. The predicted molar refractivity (Wildman–Crippen MR) is 69.7 cm³/mol. The van der Waals surface area contributed by atoms with Crippen LogP contribution in [0, 0.1) is 0 Å². The van der Waals surface area contributed by atoms with Crippen molar-refractivity contribution in [2.24, 2.45) is 0 Å². The van der Waals surface area contributed by atoms with E-state index < -0.39 is 24.2 Å². The Kier molecular flexibility index (Phi) is 4.36. The molecule has 0 aliphatic carbocycles. The van der Waals surface area contributed by atoms with E-state index in [4.69, 9.17) is 5.11 Å². The molecule has 2 heterocycles. The number of fused-ring (bicyclic) bond motifs is 2. The van der Waals surface area contributed by atoms with Crippen molar-refractivity contribution in [3.05, 3.63) is 23.5 Å². The van der Waals surface area contributed by atoms with E-state index in [-0.39, 0.29) is 19.7 Å². The quantitative estimate of drug-likeness (QED) is 0.615. The zero-order valence-electron chi connectivity index (χ0n) is 12.1. The SMILES string of the molecule is CCOC(=O)C(F)(F)ON1C(=O)N2CC=C(/C(C)=C/O)C1C2. The monoisotopic (exact) mass is 318 g/mol. The number of amides is 2. The Bertz CT molecular complexity index is 547. The van der Waals surface area contributed by atoms with Crippen molar-refractivity contribution in [2.45, 2.75) is 26.0 Å². The van der Waals surface area contributed by atoms with E-state index in [0.717, 1.165) is 6.26 Å². The molecule has 0 spiro atoms. The van der Waals surface area contributed by atoms with Crippen molar-refractivity contribution in [1.29, 1.82) is 0 Å². The molecule has 0 radical (unpaired) electrons. The second kappa shape index (κ2) is 5.91. The molecule has 2 amide bonds. The van der Waals surface area contributed by atoms with Crippen LogP contribution in [-0.2, 0) is 14.4 Å². The Morgan fingerprint density at radius 3 is 2.86 bits per heavy atom. The number of alkyl halides is 2. The van der Waals surface area contributed by atoms with Gasteiger partial charge in [0.05, 0.1) is 19.4 Å². The molecule has 1 unspecified atom stereocenters. The van der Waals surface area contributed by atoms with Crippen molar-refractivity contribution < 1.29 is 33.1 Å². The van der Waals surface area contributed by atoms with Gasteiger partial charge in [-0.05, 0) is 25.0 Å². The average Bonchev–Trinajstić information content (AvgIpc) is 2.72. The van der Waals surface area contributed by atoms with Crippen LogP contribution in [0.15, 0.2) is 23.5 Å². The first-order valence-electron chi connectivity index (χ1n) is 6.65. The van der Waals surface area contributed by atoms with Crippen LogP contribution in [0.1, 0.15) is 13.8 Å². The molecule has 1 saturated heterocycles. The molecule has 2 aliphatic rings. The molecule has 9 heteroatoms. The first kappa shape index (κ1) is 16.2. The first-order valence-corrected chi connectivity index (χ1v) is 6.65. The van der Waals surface area contributed by atoms with Gasteiger partial charge in [-0.2, -0.15) is 18.7 Å². The van der Waals surface area contributed by atoms with Gasteiger partial charge < -0.3 is 14.7 Å². The summed E-state index contributed by atoms with van der Waals surface area (Å²) in [7, 11) is 0. The minimum Gasteiger partial charge on any atom is -0.515 e. The predicted octanol–water partition coefficient (Wildman–Crippen LogP) is 1.58. The zero-order valence-corrected chi connectivity index (χ0v) is 12.1. The number of rotatable bonds is 5. The highest BCUT2D eigenvalue weighted by molar-refractivity contribution is 5.80. The van der Waals surface area contributed by atoms with Crippen LogP contribution in [0.3, 0.4) is 0 Å². The van der Waals surface area contributed by atoms with Gasteiger partial charge in [-0.3, -0.25) is 0 Å². The number of nitrogens with zero attached hydrogens (tertiary/aromatic N) is 2. The van der Waals surface area contributed by atoms with Gasteiger partial charge >= 0.3 is 18.1 Å². The van der Waals surface area contributed by atoms with Crippen molar-refractivity contribution in [3.63, 3.8) is 0 Å². The van der Waals surface area contributed by atoms with E-state index in [2.05, 4.69) is 9.57 Å². The summed E-state index contributed by atoms with van der Waals surface area (Å²) in [6.07, 6.45) is -1.81. The maximum absolute atomic E-state index is 13.7. The fourth-order valence-electron chi connectivity index (χ4n) is 2.33. The lowest BCUT2D eigenvalue weighted by Crippen LogP contribution is -2.45. The lowest BCUT2D eigenvalue weighted by atomic mass is 9.98. The van der Waals surface area contributed by atoms with Crippen LogP contribution in [0.25, 0.3) is 0 Å². The Hall–Kier alpha value is -2.16. The highest BCUT2D eigenvalue weighted by atomic mass is 19.3. The lowest BCUT2D eigenvalue weighted by Gasteiger charge is -2.27. The van der Waals surface area contributed by atoms with Crippen LogP contribution in [-0.4, -0.2) is 58.9 Å². The maximum atomic E-state index is 13.7. The summed E-state index contributed by atoms with van der Waals surface area (Å²) in [6, 6.07) is -1.60. The molecule has 0 saturated carbocycles. The zero-order chi connectivity index (χ0) is 16.5. The first-order chi connectivity index (χ1) is 10.3. The molecular weight excluding hydrogens is 302 g/mol. The van der Waals surface area contributed by atoms with Gasteiger partial charge in [0.15, 0.2) is 0 Å². The van der Waals surface area contributed by atoms with Crippen LogP contribution in [0.4, 0.5) is 13.6 Å². The minimum atomic E-state index is -4.27. The average molecular weight is 318 g/mol. The molecule has 7 nitrogen and oxygen atoms in total. The number of hydroxylamine groups is 2. The van der Waals surface area contributed by atoms with Crippen LogP contribution in [0.5, 0.6) is 0 Å². The second-order valence-electron chi connectivity index (χ2n) is 4.83. The van der Waals surface area contributed by atoms with Gasteiger partial charge in [0, 0.05) is 6.54 Å². The van der Waals surface area contributed by atoms with E-state index >= 15 is 0 Å². The molecule has 1 fully saturated rings. The Morgan fingerprint density at radius 1 is 1.59 bits per heavy atom. The summed E-state index contributed by atoms with van der Waals surface area (Å²) in [5, 5.41) is 9.53. The summed E-state index contributed by atoms with van der Waals surface area (Å²) in [5.74, 6) is -1.86. The van der Waals surface area contributed by atoms with E-state index in [1.54, 1.807) is 13.0 Å². The van der Waals surface area contributed by atoms with Crippen LogP contribution in [0.2, 0.25) is 0 Å². The van der Waals surface area contributed by atoms with Gasteiger partial charge in [-0.25, -0.2) is 9.59 Å². The van der Waals surface area contributed by atoms with Gasteiger partial charge in [-0.1, -0.05) is 6.08 Å². The second-order valence-corrected chi connectivity index (χ2v) is 4.83. The molecule has 1 N–H and O–H groups in total. The van der Waals surface area contributed by atoms with Crippen molar-refractivity contribution in [1.82, 2.24) is 9.96 Å². The Balaban J connectivity index is 2.22. The Morgan fingerprint density at radius 2 is 2.27 bits per heavy atom. The van der Waals surface area contributed by atoms with E-state index in [1.165, 1.54) is 11.8 Å². The number of carbonyl (C=O) groups is 2. The lowest BCUT2D eigenvalue weighted by molar-refractivity contribution is -0.326. The number of ether oxygens (including phenoxy) is 1. The third kappa shape index (κ3) is 2.76. The number of halogens is 2. The minimum absolute atomic E-state index is 0.134. The fraction of sp³-hybridized carbons (Fsp3) is 0.538. The number of urea groups is 1. The maximum Gasteiger partial charge on any atom is 0.477 e. The molecule has 22 heavy (non-hydrogen) atoms. The van der Waals surface area contributed by atoms with Crippen LogP contribution >= 0.6 is 0 Å². The molecule has 0 aromatic carbocycles.